The van der Waals surface area contributed by atoms with Crippen molar-refractivity contribution in [2.75, 3.05) is 7.05 Å². The lowest BCUT2D eigenvalue weighted by atomic mass is 9.77. The zero-order valence-corrected chi connectivity index (χ0v) is 9.07. The molecule has 0 saturated carbocycles. The van der Waals surface area contributed by atoms with Gasteiger partial charge in [-0.2, -0.15) is 0 Å². The molecule has 0 saturated heterocycles. The minimum absolute atomic E-state index is 0.147. The van der Waals surface area contributed by atoms with Gasteiger partial charge in [-0.1, -0.05) is 18.2 Å². The van der Waals surface area contributed by atoms with E-state index in [0.29, 0.717) is 5.56 Å². The van der Waals surface area contributed by atoms with Crippen molar-refractivity contribution < 1.29 is 9.59 Å². The highest BCUT2D eigenvalue weighted by atomic mass is 16.2. The van der Waals surface area contributed by atoms with Crippen LogP contribution in [0.4, 0.5) is 0 Å². The Bertz CT molecular complexity index is 449. The molecular formula is C12H13NO2. The molecule has 3 heteroatoms. The first-order valence-corrected chi connectivity index (χ1v) is 4.88. The number of rotatable bonds is 0. The summed E-state index contributed by atoms with van der Waals surface area (Å²) in [6, 6.07) is 7.28. The third-order valence-corrected chi connectivity index (χ3v) is 2.97. The van der Waals surface area contributed by atoms with Crippen molar-refractivity contribution in [2.24, 2.45) is 0 Å². The monoisotopic (exact) mass is 203 g/mol. The smallest absolute Gasteiger partial charge is 0.260 e. The molecule has 0 atom stereocenters. The fourth-order valence-electron chi connectivity index (χ4n) is 2.02. The molecule has 1 aromatic carbocycles. The summed E-state index contributed by atoms with van der Waals surface area (Å²) in [5.41, 5.74) is 0.835. The third-order valence-electron chi connectivity index (χ3n) is 2.97. The van der Waals surface area contributed by atoms with Crippen LogP contribution in [-0.4, -0.2) is 23.8 Å². The van der Waals surface area contributed by atoms with Gasteiger partial charge in [-0.05, 0) is 25.5 Å². The minimum Gasteiger partial charge on any atom is -0.281 e. The number of likely N-dealkylation sites (N-methyl/N-ethyl adjacent to an activating group) is 1. The largest absolute Gasteiger partial charge is 0.281 e. The van der Waals surface area contributed by atoms with Crippen LogP contribution in [0.5, 0.6) is 0 Å². The van der Waals surface area contributed by atoms with Gasteiger partial charge >= 0.3 is 0 Å². The summed E-state index contributed by atoms with van der Waals surface area (Å²) in [6.07, 6.45) is 0. The highest BCUT2D eigenvalue weighted by molar-refractivity contribution is 6.12. The van der Waals surface area contributed by atoms with Gasteiger partial charge in [0.1, 0.15) is 0 Å². The Morgan fingerprint density at radius 3 is 2.40 bits per heavy atom. The number of hydrogen-bond acceptors (Lipinski definition) is 2. The Morgan fingerprint density at radius 2 is 1.73 bits per heavy atom. The van der Waals surface area contributed by atoms with E-state index >= 15 is 0 Å². The van der Waals surface area contributed by atoms with E-state index in [1.54, 1.807) is 6.07 Å². The van der Waals surface area contributed by atoms with E-state index in [1.807, 2.05) is 32.0 Å². The summed E-state index contributed by atoms with van der Waals surface area (Å²) in [6.45, 7) is 3.69. The number of amides is 2. The number of imide groups is 1. The van der Waals surface area contributed by atoms with Gasteiger partial charge < -0.3 is 0 Å². The molecule has 2 amide bonds. The molecule has 1 aliphatic heterocycles. The van der Waals surface area contributed by atoms with Gasteiger partial charge in [0.2, 0.25) is 5.91 Å². The first kappa shape index (κ1) is 9.90. The zero-order chi connectivity index (χ0) is 11.2. The molecule has 1 aromatic rings. The van der Waals surface area contributed by atoms with Gasteiger partial charge in [-0.3, -0.25) is 14.5 Å². The van der Waals surface area contributed by atoms with Crippen molar-refractivity contribution in [3.05, 3.63) is 35.4 Å². The maximum atomic E-state index is 11.9. The molecule has 3 nitrogen and oxygen atoms in total. The molecule has 78 valence electrons. The van der Waals surface area contributed by atoms with E-state index in [9.17, 15) is 9.59 Å². The van der Waals surface area contributed by atoms with Crippen LogP contribution in [0.25, 0.3) is 0 Å². The van der Waals surface area contributed by atoms with Gasteiger partial charge in [0, 0.05) is 12.6 Å². The number of nitrogens with zero attached hydrogens (tertiary/aromatic N) is 1. The van der Waals surface area contributed by atoms with E-state index in [4.69, 9.17) is 0 Å². The topological polar surface area (TPSA) is 37.4 Å². The fraction of sp³-hybridized carbons (Fsp3) is 0.333. The molecule has 0 fully saturated rings. The van der Waals surface area contributed by atoms with Crippen LogP contribution in [0.1, 0.15) is 29.8 Å². The normalized spacial score (nSPS) is 19.0. The zero-order valence-electron chi connectivity index (χ0n) is 9.07. The van der Waals surface area contributed by atoms with Gasteiger partial charge in [-0.25, -0.2) is 0 Å². The second-order valence-electron chi connectivity index (χ2n) is 4.34. The first-order valence-electron chi connectivity index (χ1n) is 4.88. The van der Waals surface area contributed by atoms with Crippen molar-refractivity contribution >= 4 is 11.8 Å². The second-order valence-corrected chi connectivity index (χ2v) is 4.34. The standard InChI is InChI=1S/C12H13NO2/c1-12(2)9-7-5-4-6-8(9)10(14)13(3)11(12)15/h4-7H,1-3H3. The summed E-state index contributed by atoms with van der Waals surface area (Å²) >= 11 is 0. The van der Waals surface area contributed by atoms with E-state index in [-0.39, 0.29) is 11.8 Å². The Balaban J connectivity index is 2.72. The summed E-state index contributed by atoms with van der Waals surface area (Å²) in [4.78, 5) is 24.9. The lowest BCUT2D eigenvalue weighted by Crippen LogP contribution is -2.49. The molecule has 0 aliphatic carbocycles. The van der Waals surface area contributed by atoms with Gasteiger partial charge in [0.05, 0.1) is 5.41 Å². The van der Waals surface area contributed by atoms with Gasteiger partial charge in [-0.15, -0.1) is 0 Å². The lowest BCUT2D eigenvalue weighted by Gasteiger charge is -2.35. The maximum Gasteiger partial charge on any atom is 0.260 e. The first-order chi connectivity index (χ1) is 6.96. The Kier molecular flexibility index (Phi) is 1.93. The fourth-order valence-corrected chi connectivity index (χ4v) is 2.02. The number of fused-ring (bicyclic) bond motifs is 1. The van der Waals surface area contributed by atoms with Crippen LogP contribution >= 0.6 is 0 Å². The van der Waals surface area contributed by atoms with Crippen molar-refractivity contribution in [3.8, 4) is 0 Å². The van der Waals surface area contributed by atoms with Crippen LogP contribution < -0.4 is 0 Å². The molecule has 15 heavy (non-hydrogen) atoms. The highest BCUT2D eigenvalue weighted by Gasteiger charge is 2.42. The molecule has 2 rings (SSSR count). The van der Waals surface area contributed by atoms with Crippen LogP contribution in [0.2, 0.25) is 0 Å². The molecule has 0 N–H and O–H groups in total. The molecule has 0 aromatic heterocycles. The van der Waals surface area contributed by atoms with Crippen molar-refractivity contribution in [2.45, 2.75) is 19.3 Å². The Hall–Kier alpha value is -1.64. The maximum absolute atomic E-state index is 11.9. The van der Waals surface area contributed by atoms with Crippen LogP contribution in [-0.2, 0) is 10.2 Å². The predicted molar refractivity (Wildman–Crippen MR) is 56.6 cm³/mol. The summed E-state index contributed by atoms with van der Waals surface area (Å²) in [7, 11) is 1.53. The summed E-state index contributed by atoms with van der Waals surface area (Å²) < 4.78 is 0. The van der Waals surface area contributed by atoms with E-state index in [2.05, 4.69) is 0 Å². The second kappa shape index (κ2) is 2.92. The molecule has 0 bridgehead atoms. The summed E-state index contributed by atoms with van der Waals surface area (Å²) in [5, 5.41) is 0. The van der Waals surface area contributed by atoms with Crippen LogP contribution in [0, 0.1) is 0 Å². The van der Waals surface area contributed by atoms with Gasteiger partial charge in [0.25, 0.3) is 5.91 Å². The molecule has 0 radical (unpaired) electrons. The Morgan fingerprint density at radius 1 is 1.13 bits per heavy atom. The highest BCUT2D eigenvalue weighted by Crippen LogP contribution is 2.33. The van der Waals surface area contributed by atoms with Gasteiger partial charge in [0.15, 0.2) is 0 Å². The number of carbonyl (C=O) groups is 2. The SMILES string of the molecule is CN1C(=O)c2ccccc2C(C)(C)C1=O. The number of benzene rings is 1. The van der Waals surface area contributed by atoms with Crippen molar-refractivity contribution in [1.29, 1.82) is 0 Å². The van der Waals surface area contributed by atoms with Crippen molar-refractivity contribution in [1.82, 2.24) is 4.90 Å². The predicted octanol–water partition coefficient (Wildman–Crippen LogP) is 1.58. The third kappa shape index (κ3) is 1.19. The molecule has 1 heterocycles. The summed E-state index contributed by atoms with van der Waals surface area (Å²) in [5.74, 6) is -0.360. The van der Waals surface area contributed by atoms with E-state index in [0.717, 1.165) is 5.56 Å². The lowest BCUT2D eigenvalue weighted by molar-refractivity contribution is -0.133. The number of hydrogen-bond donors (Lipinski definition) is 0. The molecule has 1 aliphatic rings. The van der Waals surface area contributed by atoms with Crippen LogP contribution in [0.3, 0.4) is 0 Å². The average molecular weight is 203 g/mol. The van der Waals surface area contributed by atoms with E-state index in [1.165, 1.54) is 11.9 Å². The van der Waals surface area contributed by atoms with E-state index < -0.39 is 5.41 Å². The Labute approximate surface area is 88.7 Å². The quantitative estimate of drug-likeness (QED) is 0.600. The molecule has 0 unspecified atom stereocenters. The average Bonchev–Trinajstić information content (AvgIpc) is 2.24. The number of carbonyl (C=O) groups excluding carboxylic acids is 2. The molecule has 0 spiro atoms. The van der Waals surface area contributed by atoms with Crippen LogP contribution in [0.15, 0.2) is 24.3 Å². The van der Waals surface area contributed by atoms with Crippen molar-refractivity contribution in [3.63, 3.8) is 0 Å². The minimum atomic E-state index is -0.612. The molecular weight excluding hydrogens is 190 g/mol.